The summed E-state index contributed by atoms with van der Waals surface area (Å²) in [5, 5.41) is 18.3. The molecule has 0 aliphatic carbocycles. The van der Waals surface area contributed by atoms with E-state index in [2.05, 4.69) is 0 Å². The van der Waals surface area contributed by atoms with Gasteiger partial charge >= 0.3 is 5.97 Å². The summed E-state index contributed by atoms with van der Waals surface area (Å²) in [6.07, 6.45) is -0.238. The molecule has 0 amide bonds. The zero-order valence-electron chi connectivity index (χ0n) is 12.1. The minimum Gasteiger partial charge on any atom is -0.508 e. The first-order chi connectivity index (χ1) is 10.5. The number of ketones is 1. The van der Waals surface area contributed by atoms with Crippen LogP contribution >= 0.6 is 0 Å². The second-order valence-corrected chi connectivity index (χ2v) is 4.90. The molecule has 0 spiro atoms. The number of ether oxygens (including phenoxy) is 1. The van der Waals surface area contributed by atoms with Crippen LogP contribution in [0.3, 0.4) is 0 Å². The quantitative estimate of drug-likeness (QED) is 0.801. The van der Waals surface area contributed by atoms with E-state index in [1.807, 2.05) is 6.07 Å². The lowest BCUT2D eigenvalue weighted by Gasteiger charge is -2.10. The van der Waals surface area contributed by atoms with Crippen molar-refractivity contribution in [3.8, 4) is 11.5 Å². The van der Waals surface area contributed by atoms with Gasteiger partial charge in [-0.3, -0.25) is 9.59 Å². The maximum atomic E-state index is 11.5. The van der Waals surface area contributed by atoms with Crippen LogP contribution in [0.2, 0.25) is 0 Å². The first-order valence-corrected chi connectivity index (χ1v) is 6.72. The van der Waals surface area contributed by atoms with Gasteiger partial charge in [-0.2, -0.15) is 0 Å². The van der Waals surface area contributed by atoms with Gasteiger partial charge in [0.15, 0.2) is 5.78 Å². The number of carboxylic acids is 1. The van der Waals surface area contributed by atoms with Crippen LogP contribution in [-0.2, 0) is 17.8 Å². The van der Waals surface area contributed by atoms with E-state index in [4.69, 9.17) is 9.84 Å². The lowest BCUT2D eigenvalue weighted by molar-refractivity contribution is -0.136. The average Bonchev–Trinajstić information content (AvgIpc) is 2.44. The van der Waals surface area contributed by atoms with E-state index in [1.54, 1.807) is 36.4 Å². The lowest BCUT2D eigenvalue weighted by atomic mass is 10.0. The van der Waals surface area contributed by atoms with E-state index < -0.39 is 5.97 Å². The molecule has 2 aromatic rings. The molecular formula is C17H16O5. The Morgan fingerprint density at radius 3 is 2.55 bits per heavy atom. The maximum Gasteiger partial charge on any atom is 0.307 e. The molecule has 0 fully saturated rings. The van der Waals surface area contributed by atoms with Gasteiger partial charge in [-0.25, -0.2) is 0 Å². The number of rotatable bonds is 6. The minimum absolute atomic E-state index is 0.152. The van der Waals surface area contributed by atoms with Gasteiger partial charge in [0, 0.05) is 5.56 Å². The second-order valence-electron chi connectivity index (χ2n) is 4.90. The van der Waals surface area contributed by atoms with Gasteiger partial charge < -0.3 is 14.9 Å². The second kappa shape index (κ2) is 6.76. The minimum atomic E-state index is -1.01. The monoisotopic (exact) mass is 300 g/mol. The zero-order valence-corrected chi connectivity index (χ0v) is 12.1. The van der Waals surface area contributed by atoms with Crippen LogP contribution in [0.25, 0.3) is 0 Å². The number of phenolic OH excluding ortho intramolecular Hbond substituents is 1. The number of Topliss-reactive ketones (excluding diaryl/α,β-unsaturated/α-hetero) is 1. The van der Waals surface area contributed by atoms with Crippen molar-refractivity contribution in [1.82, 2.24) is 0 Å². The number of carbonyl (C=O) groups is 2. The molecule has 0 heterocycles. The topological polar surface area (TPSA) is 83.8 Å². The third-order valence-corrected chi connectivity index (χ3v) is 3.11. The van der Waals surface area contributed by atoms with Gasteiger partial charge in [0.2, 0.25) is 0 Å². The molecule has 0 radical (unpaired) electrons. The molecule has 0 aliphatic heterocycles. The molecule has 5 nitrogen and oxygen atoms in total. The van der Waals surface area contributed by atoms with E-state index in [0.29, 0.717) is 16.9 Å². The molecule has 2 rings (SSSR count). The highest BCUT2D eigenvalue weighted by atomic mass is 16.5. The number of aromatic hydroxyl groups is 1. The van der Waals surface area contributed by atoms with Crippen molar-refractivity contribution in [3.63, 3.8) is 0 Å². The third-order valence-electron chi connectivity index (χ3n) is 3.11. The zero-order chi connectivity index (χ0) is 16.1. The molecule has 0 unspecified atom stereocenters. The third kappa shape index (κ3) is 4.09. The Bertz CT molecular complexity index is 706. The fourth-order valence-corrected chi connectivity index (χ4v) is 2.13. The average molecular weight is 300 g/mol. The molecular weight excluding hydrogens is 284 g/mol. The predicted octanol–water partition coefficient (Wildman–Crippen LogP) is 2.80. The summed E-state index contributed by atoms with van der Waals surface area (Å²) in [7, 11) is 0. The van der Waals surface area contributed by atoms with Gasteiger partial charge in [0.25, 0.3) is 0 Å². The molecule has 2 N–H and O–H groups in total. The fraction of sp³-hybridized carbons (Fsp3) is 0.176. The summed E-state index contributed by atoms with van der Waals surface area (Å²) in [6, 6.07) is 11.4. The molecule has 0 bridgehead atoms. The molecule has 0 atom stereocenters. The molecule has 22 heavy (non-hydrogen) atoms. The Labute approximate surface area is 127 Å². The summed E-state index contributed by atoms with van der Waals surface area (Å²) < 4.78 is 5.59. The number of carbonyl (C=O) groups excluding carboxylic acids is 1. The van der Waals surface area contributed by atoms with Crippen LogP contribution < -0.4 is 4.74 Å². The van der Waals surface area contributed by atoms with Gasteiger partial charge in [-0.1, -0.05) is 12.1 Å². The number of phenols is 1. The van der Waals surface area contributed by atoms with Gasteiger partial charge in [0.1, 0.15) is 18.1 Å². The molecule has 0 saturated heterocycles. The maximum absolute atomic E-state index is 11.5. The number of hydrogen-bond donors (Lipinski definition) is 2. The number of carboxylic acid groups (broad SMARTS) is 1. The van der Waals surface area contributed by atoms with Crippen LogP contribution in [0.15, 0.2) is 42.5 Å². The predicted molar refractivity (Wildman–Crippen MR) is 80.2 cm³/mol. The summed E-state index contributed by atoms with van der Waals surface area (Å²) in [5.74, 6) is -0.562. The SMILES string of the molecule is CC(=O)c1ccc(OCc2cccc(O)c2)cc1CC(=O)O. The van der Waals surface area contributed by atoms with Crippen LogP contribution in [0.5, 0.6) is 11.5 Å². The molecule has 5 heteroatoms. The Balaban J connectivity index is 2.17. The Kier molecular flexibility index (Phi) is 4.78. The van der Waals surface area contributed by atoms with Crippen LogP contribution in [0, 0.1) is 0 Å². The highest BCUT2D eigenvalue weighted by Gasteiger charge is 2.12. The summed E-state index contributed by atoms with van der Waals surface area (Å²) in [5.41, 5.74) is 1.59. The van der Waals surface area contributed by atoms with Crippen LogP contribution in [0.1, 0.15) is 28.4 Å². The van der Waals surface area contributed by atoms with Crippen molar-refractivity contribution in [1.29, 1.82) is 0 Å². The van der Waals surface area contributed by atoms with Gasteiger partial charge in [-0.15, -0.1) is 0 Å². The van der Waals surface area contributed by atoms with E-state index in [-0.39, 0.29) is 24.6 Å². The Morgan fingerprint density at radius 2 is 1.91 bits per heavy atom. The van der Waals surface area contributed by atoms with E-state index >= 15 is 0 Å². The highest BCUT2D eigenvalue weighted by Crippen LogP contribution is 2.21. The van der Waals surface area contributed by atoms with Crippen LogP contribution in [0.4, 0.5) is 0 Å². The smallest absolute Gasteiger partial charge is 0.307 e. The normalized spacial score (nSPS) is 10.2. The molecule has 2 aromatic carbocycles. The van der Waals surface area contributed by atoms with Crippen molar-refractivity contribution < 1.29 is 24.5 Å². The summed E-state index contributed by atoms with van der Waals surface area (Å²) in [6.45, 7) is 1.63. The molecule has 0 aromatic heterocycles. The summed E-state index contributed by atoms with van der Waals surface area (Å²) >= 11 is 0. The van der Waals surface area contributed by atoms with Gasteiger partial charge in [0.05, 0.1) is 6.42 Å². The van der Waals surface area contributed by atoms with Gasteiger partial charge in [-0.05, 0) is 48.4 Å². The molecule has 0 saturated carbocycles. The Morgan fingerprint density at radius 1 is 1.14 bits per heavy atom. The number of aliphatic carboxylic acids is 1. The van der Waals surface area contributed by atoms with Crippen molar-refractivity contribution in [2.24, 2.45) is 0 Å². The first kappa shape index (κ1) is 15.6. The van der Waals surface area contributed by atoms with Crippen molar-refractivity contribution >= 4 is 11.8 Å². The van der Waals surface area contributed by atoms with E-state index in [0.717, 1.165) is 5.56 Å². The number of hydrogen-bond acceptors (Lipinski definition) is 4. The van der Waals surface area contributed by atoms with Crippen molar-refractivity contribution in [2.45, 2.75) is 20.0 Å². The van der Waals surface area contributed by atoms with Crippen molar-refractivity contribution in [2.75, 3.05) is 0 Å². The number of benzene rings is 2. The highest BCUT2D eigenvalue weighted by molar-refractivity contribution is 5.96. The van der Waals surface area contributed by atoms with Crippen molar-refractivity contribution in [3.05, 3.63) is 59.2 Å². The lowest BCUT2D eigenvalue weighted by Crippen LogP contribution is -2.07. The molecule has 0 aliphatic rings. The van der Waals surface area contributed by atoms with Crippen LogP contribution in [-0.4, -0.2) is 22.0 Å². The summed E-state index contributed by atoms with van der Waals surface area (Å²) in [4.78, 5) is 22.4. The standard InChI is InChI=1S/C17H16O5/c1-11(18)16-6-5-15(8-13(16)9-17(20)21)22-10-12-3-2-4-14(19)7-12/h2-8,19H,9-10H2,1H3,(H,20,21). The largest absolute Gasteiger partial charge is 0.508 e. The Hall–Kier alpha value is -2.82. The fourth-order valence-electron chi connectivity index (χ4n) is 2.13. The van der Waals surface area contributed by atoms with E-state index in [9.17, 15) is 14.7 Å². The molecule has 114 valence electrons. The first-order valence-electron chi connectivity index (χ1n) is 6.72. The van der Waals surface area contributed by atoms with E-state index in [1.165, 1.54) is 6.92 Å².